The summed E-state index contributed by atoms with van der Waals surface area (Å²) in [6.07, 6.45) is 1.67. The summed E-state index contributed by atoms with van der Waals surface area (Å²) < 4.78 is 4.68. The summed E-state index contributed by atoms with van der Waals surface area (Å²) in [5, 5.41) is 7.05. The van der Waals surface area contributed by atoms with E-state index in [0.717, 1.165) is 11.3 Å². The summed E-state index contributed by atoms with van der Waals surface area (Å²) in [7, 11) is 1.36. The third-order valence-electron chi connectivity index (χ3n) is 3.60. The maximum Gasteiger partial charge on any atom is 0.337 e. The van der Waals surface area contributed by atoms with Gasteiger partial charge in [0, 0.05) is 23.5 Å². The van der Waals surface area contributed by atoms with Crippen LogP contribution in [0.3, 0.4) is 0 Å². The minimum atomic E-state index is -0.368. The van der Waals surface area contributed by atoms with Crippen molar-refractivity contribution in [3.8, 4) is 0 Å². The van der Waals surface area contributed by atoms with Gasteiger partial charge in [0.05, 0.1) is 12.7 Å². The average molecular weight is 369 g/mol. The molecule has 0 bridgehead atoms. The van der Waals surface area contributed by atoms with E-state index in [2.05, 4.69) is 25.3 Å². The first-order valence-electron chi connectivity index (χ1n) is 7.91. The van der Waals surface area contributed by atoms with E-state index in [1.807, 2.05) is 24.3 Å². The number of rotatable bonds is 6. The van der Waals surface area contributed by atoms with Gasteiger partial charge in [-0.2, -0.15) is 4.98 Å². The van der Waals surface area contributed by atoms with Crippen molar-refractivity contribution in [1.82, 2.24) is 9.97 Å². The smallest absolute Gasteiger partial charge is 0.337 e. The molecule has 0 radical (unpaired) electrons. The molecule has 0 atom stereocenters. The van der Waals surface area contributed by atoms with E-state index >= 15 is 0 Å². The van der Waals surface area contributed by atoms with E-state index in [-0.39, 0.29) is 5.97 Å². The molecule has 3 rings (SSSR count). The lowest BCUT2D eigenvalue weighted by molar-refractivity contribution is 0.0601. The highest BCUT2D eigenvalue weighted by atomic mass is 35.5. The predicted molar refractivity (Wildman–Crippen MR) is 102 cm³/mol. The number of carbonyl (C=O) groups excluding carboxylic acids is 1. The number of hydrogen-bond donors (Lipinski definition) is 2. The van der Waals surface area contributed by atoms with Crippen molar-refractivity contribution in [2.45, 2.75) is 6.54 Å². The number of nitrogens with one attached hydrogen (secondary N) is 2. The molecule has 0 spiro atoms. The van der Waals surface area contributed by atoms with Crippen LogP contribution in [0, 0.1) is 0 Å². The summed E-state index contributed by atoms with van der Waals surface area (Å²) in [5.74, 6) is 0.785. The fourth-order valence-corrected chi connectivity index (χ4v) is 2.38. The first-order valence-corrected chi connectivity index (χ1v) is 8.28. The normalized spacial score (nSPS) is 10.2. The number of esters is 1. The van der Waals surface area contributed by atoms with Gasteiger partial charge in [0.1, 0.15) is 5.82 Å². The van der Waals surface area contributed by atoms with Gasteiger partial charge < -0.3 is 15.4 Å². The summed E-state index contributed by atoms with van der Waals surface area (Å²) in [5.41, 5.74) is 2.38. The molecule has 7 heteroatoms. The first-order chi connectivity index (χ1) is 12.6. The van der Waals surface area contributed by atoms with Crippen LogP contribution in [-0.2, 0) is 11.3 Å². The van der Waals surface area contributed by atoms with Gasteiger partial charge >= 0.3 is 5.97 Å². The predicted octanol–water partition coefficient (Wildman–Crippen LogP) is 4.27. The zero-order valence-electron chi connectivity index (χ0n) is 14.1. The minimum absolute atomic E-state index is 0.368. The van der Waals surface area contributed by atoms with Gasteiger partial charge in [0.25, 0.3) is 0 Å². The lowest BCUT2D eigenvalue weighted by Crippen LogP contribution is -2.05. The van der Waals surface area contributed by atoms with E-state index in [0.29, 0.717) is 28.9 Å². The Morgan fingerprint density at radius 1 is 1.08 bits per heavy atom. The van der Waals surface area contributed by atoms with Crippen LogP contribution in [0.15, 0.2) is 60.8 Å². The van der Waals surface area contributed by atoms with Gasteiger partial charge in [-0.1, -0.05) is 23.7 Å². The zero-order chi connectivity index (χ0) is 18.4. The van der Waals surface area contributed by atoms with Gasteiger partial charge in [-0.3, -0.25) is 0 Å². The molecule has 132 valence electrons. The molecule has 0 aliphatic heterocycles. The van der Waals surface area contributed by atoms with Gasteiger partial charge in [-0.05, 0) is 48.0 Å². The number of hydrogen-bond acceptors (Lipinski definition) is 6. The van der Waals surface area contributed by atoms with Crippen molar-refractivity contribution in [2.75, 3.05) is 17.7 Å². The van der Waals surface area contributed by atoms with Crippen LogP contribution in [0.5, 0.6) is 0 Å². The number of benzene rings is 2. The van der Waals surface area contributed by atoms with E-state index in [4.69, 9.17) is 11.6 Å². The van der Waals surface area contributed by atoms with Crippen LogP contribution in [0.25, 0.3) is 0 Å². The van der Waals surface area contributed by atoms with Crippen molar-refractivity contribution in [3.63, 3.8) is 0 Å². The molecule has 0 saturated heterocycles. The van der Waals surface area contributed by atoms with Crippen molar-refractivity contribution < 1.29 is 9.53 Å². The largest absolute Gasteiger partial charge is 0.465 e. The Morgan fingerprint density at radius 2 is 1.81 bits per heavy atom. The van der Waals surface area contributed by atoms with Gasteiger partial charge in [-0.15, -0.1) is 0 Å². The highest BCUT2D eigenvalue weighted by Gasteiger charge is 2.05. The molecular weight excluding hydrogens is 352 g/mol. The monoisotopic (exact) mass is 368 g/mol. The SMILES string of the molecule is COC(=O)c1ccc(Nc2ccnc(NCc3ccc(Cl)cc3)n2)cc1. The maximum absolute atomic E-state index is 11.5. The fraction of sp³-hybridized carbons (Fsp3) is 0.105. The van der Waals surface area contributed by atoms with Crippen LogP contribution >= 0.6 is 11.6 Å². The Kier molecular flexibility index (Phi) is 5.66. The molecule has 1 heterocycles. The molecule has 2 N–H and O–H groups in total. The molecule has 0 amide bonds. The topological polar surface area (TPSA) is 76.1 Å². The first kappa shape index (κ1) is 17.7. The number of methoxy groups -OCH3 is 1. The second-order valence-electron chi connectivity index (χ2n) is 5.44. The molecule has 0 aliphatic rings. The van der Waals surface area contributed by atoms with Crippen LogP contribution in [0.1, 0.15) is 15.9 Å². The van der Waals surface area contributed by atoms with Crippen LogP contribution in [0.4, 0.5) is 17.5 Å². The molecule has 26 heavy (non-hydrogen) atoms. The highest BCUT2D eigenvalue weighted by Crippen LogP contribution is 2.17. The summed E-state index contributed by atoms with van der Waals surface area (Å²) in [6, 6.07) is 16.3. The third kappa shape index (κ3) is 4.70. The van der Waals surface area contributed by atoms with Crippen molar-refractivity contribution >= 4 is 35.0 Å². The number of carbonyl (C=O) groups is 1. The molecule has 3 aromatic rings. The van der Waals surface area contributed by atoms with E-state index in [1.165, 1.54) is 7.11 Å². The van der Waals surface area contributed by atoms with Crippen molar-refractivity contribution in [2.24, 2.45) is 0 Å². The molecular formula is C19H17ClN4O2. The van der Waals surface area contributed by atoms with E-state index in [9.17, 15) is 4.79 Å². The second-order valence-corrected chi connectivity index (χ2v) is 5.88. The van der Waals surface area contributed by atoms with Crippen LogP contribution < -0.4 is 10.6 Å². The molecule has 6 nitrogen and oxygen atoms in total. The van der Waals surface area contributed by atoms with Crippen molar-refractivity contribution in [3.05, 3.63) is 76.9 Å². The Bertz CT molecular complexity index is 883. The highest BCUT2D eigenvalue weighted by molar-refractivity contribution is 6.30. The molecule has 0 aliphatic carbocycles. The molecule has 0 fully saturated rings. The fourth-order valence-electron chi connectivity index (χ4n) is 2.25. The van der Waals surface area contributed by atoms with Gasteiger partial charge in [-0.25, -0.2) is 9.78 Å². The second kappa shape index (κ2) is 8.31. The van der Waals surface area contributed by atoms with Crippen molar-refractivity contribution in [1.29, 1.82) is 0 Å². The Morgan fingerprint density at radius 3 is 2.50 bits per heavy atom. The Hall–Kier alpha value is -3.12. The van der Waals surface area contributed by atoms with Gasteiger partial charge in [0.2, 0.25) is 5.95 Å². The quantitative estimate of drug-likeness (QED) is 0.633. The Balaban J connectivity index is 1.63. The van der Waals surface area contributed by atoms with E-state index in [1.54, 1.807) is 36.5 Å². The number of nitrogens with zero attached hydrogens (tertiary/aromatic N) is 2. The summed E-state index contributed by atoms with van der Waals surface area (Å²) >= 11 is 5.88. The Labute approximate surface area is 156 Å². The number of ether oxygens (including phenoxy) is 1. The summed E-state index contributed by atoms with van der Waals surface area (Å²) in [6.45, 7) is 0.592. The number of halogens is 1. The number of anilines is 3. The molecule has 2 aromatic carbocycles. The minimum Gasteiger partial charge on any atom is -0.465 e. The lowest BCUT2D eigenvalue weighted by atomic mass is 10.2. The zero-order valence-corrected chi connectivity index (χ0v) is 14.8. The lowest BCUT2D eigenvalue weighted by Gasteiger charge is -2.09. The maximum atomic E-state index is 11.5. The molecule has 0 unspecified atom stereocenters. The number of aromatic nitrogens is 2. The third-order valence-corrected chi connectivity index (χ3v) is 3.85. The van der Waals surface area contributed by atoms with Crippen LogP contribution in [0.2, 0.25) is 5.02 Å². The van der Waals surface area contributed by atoms with E-state index < -0.39 is 0 Å². The summed E-state index contributed by atoms with van der Waals surface area (Å²) in [4.78, 5) is 20.1. The molecule has 0 saturated carbocycles. The van der Waals surface area contributed by atoms with Gasteiger partial charge in [0.15, 0.2) is 0 Å². The average Bonchev–Trinajstić information content (AvgIpc) is 2.68. The van der Waals surface area contributed by atoms with Crippen LogP contribution in [-0.4, -0.2) is 23.0 Å². The molecule has 1 aromatic heterocycles. The standard InChI is InChI=1S/C19H17ClN4O2/c1-26-18(25)14-4-8-16(9-5-14)23-17-10-11-21-19(24-17)22-12-13-2-6-15(20)7-3-13/h2-11H,12H2,1H3,(H2,21,22,23,24).